The summed E-state index contributed by atoms with van der Waals surface area (Å²) in [7, 11) is 0. The highest BCUT2D eigenvalue weighted by molar-refractivity contribution is 9.10. The molecule has 0 unspecified atom stereocenters. The van der Waals surface area contributed by atoms with Crippen molar-refractivity contribution in [1.29, 1.82) is 0 Å². The maximum absolute atomic E-state index is 13.2. The molecule has 2 N–H and O–H groups in total. The third kappa shape index (κ3) is 3.72. The quantitative estimate of drug-likeness (QED) is 0.864. The van der Waals surface area contributed by atoms with E-state index in [0.29, 0.717) is 23.6 Å². The molecule has 5 heteroatoms. The van der Waals surface area contributed by atoms with Gasteiger partial charge < -0.3 is 10.5 Å². The van der Waals surface area contributed by atoms with E-state index in [0.717, 1.165) is 15.8 Å². The van der Waals surface area contributed by atoms with E-state index < -0.39 is 0 Å². The summed E-state index contributed by atoms with van der Waals surface area (Å²) in [5.74, 6) is 0.389. The Balaban J connectivity index is 2.20. The highest BCUT2D eigenvalue weighted by Crippen LogP contribution is 2.30. The molecule has 0 amide bonds. The van der Waals surface area contributed by atoms with Crippen LogP contribution in [0.3, 0.4) is 0 Å². The van der Waals surface area contributed by atoms with Crippen molar-refractivity contribution in [3.63, 3.8) is 0 Å². The fraction of sp³-hybridized carbons (Fsp3) is 0.200. The Bertz CT molecular complexity index is 606. The van der Waals surface area contributed by atoms with Crippen LogP contribution in [0.25, 0.3) is 0 Å². The van der Waals surface area contributed by atoms with Crippen LogP contribution in [0.5, 0.6) is 5.75 Å². The van der Waals surface area contributed by atoms with Crippen molar-refractivity contribution in [1.82, 2.24) is 0 Å². The van der Waals surface area contributed by atoms with Crippen LogP contribution in [-0.2, 0) is 13.0 Å². The lowest BCUT2D eigenvalue weighted by Gasteiger charge is -2.13. The van der Waals surface area contributed by atoms with Gasteiger partial charge in [0.25, 0.3) is 0 Å². The average Bonchev–Trinajstić information content (AvgIpc) is 2.42. The molecule has 2 rings (SSSR count). The molecule has 0 saturated carbocycles. The Hall–Kier alpha value is -1.10. The first kappa shape index (κ1) is 15.3. The average molecular weight is 359 g/mol. The highest BCUT2D eigenvalue weighted by atomic mass is 79.9. The van der Waals surface area contributed by atoms with Gasteiger partial charge in [-0.3, -0.25) is 0 Å². The van der Waals surface area contributed by atoms with Crippen molar-refractivity contribution in [2.45, 2.75) is 13.0 Å². The molecule has 0 aliphatic rings. The second-order valence-electron chi connectivity index (χ2n) is 4.29. The van der Waals surface area contributed by atoms with Crippen LogP contribution in [0.15, 0.2) is 40.9 Å². The summed E-state index contributed by atoms with van der Waals surface area (Å²) < 4.78 is 19.8. The number of nitrogens with two attached hydrogens (primary N) is 1. The molecule has 106 valence electrons. The molecule has 0 bridgehead atoms. The van der Waals surface area contributed by atoms with E-state index >= 15 is 0 Å². The number of hydrogen-bond donors (Lipinski definition) is 1. The summed E-state index contributed by atoms with van der Waals surface area (Å²) in [5.41, 5.74) is 7.21. The zero-order chi connectivity index (χ0) is 14.5. The molecule has 0 radical (unpaired) electrons. The van der Waals surface area contributed by atoms with E-state index in [1.165, 1.54) is 18.2 Å². The topological polar surface area (TPSA) is 35.2 Å². The van der Waals surface area contributed by atoms with Gasteiger partial charge in [-0.25, -0.2) is 4.39 Å². The summed E-state index contributed by atoms with van der Waals surface area (Å²) in [5, 5.41) is 0.485. The van der Waals surface area contributed by atoms with E-state index in [4.69, 9.17) is 22.1 Å². The second-order valence-corrected chi connectivity index (χ2v) is 5.55. The van der Waals surface area contributed by atoms with Crippen LogP contribution in [0.1, 0.15) is 11.1 Å². The number of ether oxygens (including phenoxy) is 1. The standard InChI is InChI=1S/C15H14BrClFNO/c16-13-3-1-2-10(6-7-19)15(13)20-9-11-8-12(18)4-5-14(11)17/h1-5,8H,6-7,9,19H2. The fourth-order valence-corrected chi connectivity index (χ4v) is 2.57. The van der Waals surface area contributed by atoms with Gasteiger partial charge in [0, 0.05) is 10.6 Å². The number of rotatable bonds is 5. The van der Waals surface area contributed by atoms with Gasteiger partial charge in [-0.1, -0.05) is 23.7 Å². The second kappa shape index (κ2) is 7.07. The van der Waals surface area contributed by atoms with Crippen molar-refractivity contribution in [3.05, 3.63) is 62.8 Å². The van der Waals surface area contributed by atoms with Gasteiger partial charge in [-0.2, -0.15) is 0 Å². The third-order valence-corrected chi connectivity index (χ3v) is 3.84. The molecule has 20 heavy (non-hydrogen) atoms. The lowest BCUT2D eigenvalue weighted by atomic mass is 10.1. The highest BCUT2D eigenvalue weighted by Gasteiger charge is 2.09. The minimum atomic E-state index is -0.331. The number of para-hydroxylation sites is 1. The third-order valence-electron chi connectivity index (χ3n) is 2.84. The van der Waals surface area contributed by atoms with E-state index in [2.05, 4.69) is 15.9 Å². The number of benzene rings is 2. The van der Waals surface area contributed by atoms with Gasteiger partial charge in [-0.05, 0) is 58.7 Å². The van der Waals surface area contributed by atoms with Gasteiger partial charge >= 0.3 is 0 Å². The Labute approximate surface area is 130 Å². The Morgan fingerprint density at radius 3 is 2.75 bits per heavy atom. The predicted octanol–water partition coefficient (Wildman–Crippen LogP) is 4.32. The van der Waals surface area contributed by atoms with Crippen molar-refractivity contribution in [2.75, 3.05) is 6.54 Å². The van der Waals surface area contributed by atoms with E-state index in [1.807, 2.05) is 18.2 Å². The molecular formula is C15H14BrClFNO. The summed E-state index contributed by atoms with van der Waals surface area (Å²) in [4.78, 5) is 0. The SMILES string of the molecule is NCCc1cccc(Br)c1OCc1cc(F)ccc1Cl. The Morgan fingerprint density at radius 2 is 2.00 bits per heavy atom. The molecular weight excluding hydrogens is 345 g/mol. The van der Waals surface area contributed by atoms with E-state index in [-0.39, 0.29) is 12.4 Å². The minimum Gasteiger partial charge on any atom is -0.487 e. The van der Waals surface area contributed by atoms with Crippen LogP contribution in [-0.4, -0.2) is 6.54 Å². The molecule has 0 saturated heterocycles. The molecule has 2 aromatic carbocycles. The summed E-state index contributed by atoms with van der Waals surface area (Å²) in [6, 6.07) is 10.0. The molecule has 0 aromatic heterocycles. The van der Waals surface area contributed by atoms with Crippen LogP contribution < -0.4 is 10.5 Å². The summed E-state index contributed by atoms with van der Waals surface area (Å²) in [6.45, 7) is 0.740. The maximum Gasteiger partial charge on any atom is 0.137 e. The number of hydrogen-bond acceptors (Lipinski definition) is 2. The normalized spacial score (nSPS) is 10.6. The maximum atomic E-state index is 13.2. The zero-order valence-electron chi connectivity index (χ0n) is 10.7. The number of halogens is 3. The predicted molar refractivity (Wildman–Crippen MR) is 82.6 cm³/mol. The fourth-order valence-electron chi connectivity index (χ4n) is 1.87. The first-order valence-electron chi connectivity index (χ1n) is 6.16. The van der Waals surface area contributed by atoms with Crippen molar-refractivity contribution >= 4 is 27.5 Å². The summed E-state index contributed by atoms with van der Waals surface area (Å²) in [6.07, 6.45) is 0.714. The molecule has 0 spiro atoms. The van der Waals surface area contributed by atoms with Crippen LogP contribution in [0.4, 0.5) is 4.39 Å². The van der Waals surface area contributed by atoms with E-state index in [1.54, 1.807) is 0 Å². The molecule has 0 aliphatic heterocycles. The lowest BCUT2D eigenvalue weighted by Crippen LogP contribution is -2.06. The molecule has 0 heterocycles. The van der Waals surface area contributed by atoms with Crippen LogP contribution >= 0.6 is 27.5 Å². The molecule has 2 nitrogen and oxygen atoms in total. The summed E-state index contributed by atoms with van der Waals surface area (Å²) >= 11 is 9.48. The lowest BCUT2D eigenvalue weighted by molar-refractivity contribution is 0.300. The molecule has 0 fully saturated rings. The zero-order valence-corrected chi connectivity index (χ0v) is 13.0. The van der Waals surface area contributed by atoms with Crippen LogP contribution in [0.2, 0.25) is 5.02 Å². The van der Waals surface area contributed by atoms with Gasteiger partial charge in [0.15, 0.2) is 0 Å². The Kier molecular flexibility index (Phi) is 5.40. The minimum absolute atomic E-state index is 0.205. The first-order valence-corrected chi connectivity index (χ1v) is 7.33. The first-order chi connectivity index (χ1) is 9.61. The Morgan fingerprint density at radius 1 is 1.20 bits per heavy atom. The van der Waals surface area contributed by atoms with Gasteiger partial charge in [0.2, 0.25) is 0 Å². The molecule has 2 aromatic rings. The monoisotopic (exact) mass is 357 g/mol. The van der Waals surface area contributed by atoms with Crippen molar-refractivity contribution in [2.24, 2.45) is 5.73 Å². The van der Waals surface area contributed by atoms with Gasteiger partial charge in [0.1, 0.15) is 18.2 Å². The van der Waals surface area contributed by atoms with Crippen molar-refractivity contribution in [3.8, 4) is 5.75 Å². The van der Waals surface area contributed by atoms with Crippen LogP contribution in [0, 0.1) is 5.82 Å². The van der Waals surface area contributed by atoms with Gasteiger partial charge in [-0.15, -0.1) is 0 Å². The van der Waals surface area contributed by atoms with Crippen molar-refractivity contribution < 1.29 is 9.13 Å². The molecule has 0 aliphatic carbocycles. The molecule has 0 atom stereocenters. The smallest absolute Gasteiger partial charge is 0.137 e. The largest absolute Gasteiger partial charge is 0.487 e. The van der Waals surface area contributed by atoms with E-state index in [9.17, 15) is 4.39 Å². The van der Waals surface area contributed by atoms with Gasteiger partial charge in [0.05, 0.1) is 4.47 Å².